The number of halogens is 1. The molecular weight excluding hydrogens is 477 g/mol. The van der Waals surface area contributed by atoms with Gasteiger partial charge in [0.15, 0.2) is 5.96 Å². The zero-order chi connectivity index (χ0) is 19.6. The Labute approximate surface area is 189 Å². The largest absolute Gasteiger partial charge is 0.497 e. The summed E-state index contributed by atoms with van der Waals surface area (Å²) in [6.07, 6.45) is 4.85. The van der Waals surface area contributed by atoms with Gasteiger partial charge in [-0.3, -0.25) is 0 Å². The lowest BCUT2D eigenvalue weighted by molar-refractivity contribution is 0.414. The van der Waals surface area contributed by atoms with Gasteiger partial charge in [-0.15, -0.1) is 24.0 Å². The molecule has 2 N–H and O–H groups in total. The Balaban J connectivity index is 0.00000300. The van der Waals surface area contributed by atoms with Crippen molar-refractivity contribution in [1.29, 1.82) is 0 Å². The third-order valence-corrected chi connectivity index (χ3v) is 4.26. The van der Waals surface area contributed by atoms with Crippen LogP contribution in [-0.4, -0.2) is 35.9 Å². The molecule has 29 heavy (non-hydrogen) atoms. The van der Waals surface area contributed by atoms with Crippen molar-refractivity contribution < 1.29 is 4.74 Å². The summed E-state index contributed by atoms with van der Waals surface area (Å²) in [5, 5.41) is 11.1. The first-order valence-corrected chi connectivity index (χ1v) is 9.52. The summed E-state index contributed by atoms with van der Waals surface area (Å²) < 4.78 is 7.17. The standard InChI is InChI=1S/C22H27N5O.HI/c1-3-23-22(25-15-18-8-7-11-21(14-18)28-2)24-13-12-19-16-26-27(17-19)20-9-5-4-6-10-20;/h4-11,14,16-17H,3,12-13,15H2,1-2H3,(H2,23,24,25);1H. The monoisotopic (exact) mass is 505 g/mol. The Morgan fingerprint density at radius 2 is 1.90 bits per heavy atom. The second-order valence-electron chi connectivity index (χ2n) is 6.35. The lowest BCUT2D eigenvalue weighted by Gasteiger charge is -2.11. The predicted octanol–water partition coefficient (Wildman–Crippen LogP) is 3.80. The first-order chi connectivity index (χ1) is 13.8. The molecule has 0 bridgehead atoms. The van der Waals surface area contributed by atoms with Crippen LogP contribution >= 0.6 is 24.0 Å². The van der Waals surface area contributed by atoms with Crippen LogP contribution in [0.3, 0.4) is 0 Å². The van der Waals surface area contributed by atoms with Gasteiger partial charge in [-0.1, -0.05) is 30.3 Å². The summed E-state index contributed by atoms with van der Waals surface area (Å²) in [7, 11) is 1.67. The Hall–Kier alpha value is -2.55. The summed E-state index contributed by atoms with van der Waals surface area (Å²) in [4.78, 5) is 4.66. The number of ether oxygens (including phenoxy) is 1. The fraction of sp³-hybridized carbons (Fsp3) is 0.273. The third kappa shape index (κ3) is 7.08. The predicted molar refractivity (Wildman–Crippen MR) is 128 cm³/mol. The summed E-state index contributed by atoms with van der Waals surface area (Å²) in [5.41, 5.74) is 3.36. The van der Waals surface area contributed by atoms with E-state index in [0.717, 1.165) is 42.5 Å². The van der Waals surface area contributed by atoms with Crippen molar-refractivity contribution >= 4 is 29.9 Å². The van der Waals surface area contributed by atoms with Gasteiger partial charge in [-0.25, -0.2) is 9.67 Å². The Bertz CT molecular complexity index is 895. The molecule has 0 aliphatic rings. The Morgan fingerprint density at radius 3 is 2.66 bits per heavy atom. The van der Waals surface area contributed by atoms with E-state index in [-0.39, 0.29) is 24.0 Å². The molecule has 0 atom stereocenters. The SMILES string of the molecule is CCNC(=NCc1cccc(OC)c1)NCCc1cnn(-c2ccccc2)c1.I. The first-order valence-electron chi connectivity index (χ1n) is 9.52. The molecule has 7 heteroatoms. The molecule has 0 unspecified atom stereocenters. The van der Waals surface area contributed by atoms with E-state index in [1.165, 1.54) is 5.56 Å². The van der Waals surface area contributed by atoms with Crippen LogP contribution in [-0.2, 0) is 13.0 Å². The van der Waals surface area contributed by atoms with Crippen molar-refractivity contribution in [2.75, 3.05) is 20.2 Å². The van der Waals surface area contributed by atoms with Crippen LogP contribution < -0.4 is 15.4 Å². The number of nitrogens with zero attached hydrogens (tertiary/aromatic N) is 3. The van der Waals surface area contributed by atoms with E-state index in [0.29, 0.717) is 6.54 Å². The quantitative estimate of drug-likeness (QED) is 0.278. The molecule has 3 rings (SSSR count). The highest BCUT2D eigenvalue weighted by atomic mass is 127. The molecule has 3 aromatic rings. The Kier molecular flexibility index (Phi) is 9.49. The molecule has 0 aliphatic heterocycles. The molecule has 0 spiro atoms. The van der Waals surface area contributed by atoms with Crippen LogP contribution in [0.25, 0.3) is 5.69 Å². The molecule has 0 saturated heterocycles. The van der Waals surface area contributed by atoms with E-state index >= 15 is 0 Å². The van der Waals surface area contributed by atoms with E-state index in [2.05, 4.69) is 33.8 Å². The van der Waals surface area contributed by atoms with Crippen molar-refractivity contribution in [2.24, 2.45) is 4.99 Å². The van der Waals surface area contributed by atoms with Gasteiger partial charge in [-0.2, -0.15) is 5.10 Å². The van der Waals surface area contributed by atoms with Gasteiger partial charge < -0.3 is 15.4 Å². The number of benzene rings is 2. The van der Waals surface area contributed by atoms with Gasteiger partial charge >= 0.3 is 0 Å². The molecule has 0 saturated carbocycles. The maximum atomic E-state index is 5.27. The van der Waals surface area contributed by atoms with E-state index in [1.54, 1.807) is 7.11 Å². The normalized spacial score (nSPS) is 10.9. The average molecular weight is 505 g/mol. The second-order valence-corrected chi connectivity index (χ2v) is 6.35. The fourth-order valence-corrected chi connectivity index (χ4v) is 2.82. The minimum Gasteiger partial charge on any atom is -0.497 e. The summed E-state index contributed by atoms with van der Waals surface area (Å²) in [6, 6.07) is 18.1. The highest BCUT2D eigenvalue weighted by Gasteiger charge is 2.03. The number of hydrogen-bond acceptors (Lipinski definition) is 3. The van der Waals surface area contributed by atoms with E-state index in [9.17, 15) is 0 Å². The molecule has 1 heterocycles. The summed E-state index contributed by atoms with van der Waals surface area (Å²) in [5.74, 6) is 1.65. The lowest BCUT2D eigenvalue weighted by Crippen LogP contribution is -2.38. The molecule has 2 aromatic carbocycles. The van der Waals surface area contributed by atoms with Gasteiger partial charge in [0.05, 0.1) is 25.5 Å². The Morgan fingerprint density at radius 1 is 1.07 bits per heavy atom. The van der Waals surface area contributed by atoms with Crippen molar-refractivity contribution in [2.45, 2.75) is 19.9 Å². The maximum Gasteiger partial charge on any atom is 0.191 e. The van der Waals surface area contributed by atoms with Crippen LogP contribution in [0.15, 0.2) is 72.0 Å². The van der Waals surface area contributed by atoms with Crippen LogP contribution in [0, 0.1) is 0 Å². The smallest absolute Gasteiger partial charge is 0.191 e. The van der Waals surface area contributed by atoms with Crippen molar-refractivity contribution in [3.05, 3.63) is 78.1 Å². The highest BCUT2D eigenvalue weighted by Crippen LogP contribution is 2.13. The van der Waals surface area contributed by atoms with Crippen molar-refractivity contribution in [3.8, 4) is 11.4 Å². The number of nitrogens with one attached hydrogen (secondary N) is 2. The number of guanidine groups is 1. The molecule has 0 aliphatic carbocycles. The second kappa shape index (κ2) is 12.1. The number of aromatic nitrogens is 2. The topological polar surface area (TPSA) is 63.5 Å². The lowest BCUT2D eigenvalue weighted by atomic mass is 10.2. The highest BCUT2D eigenvalue weighted by molar-refractivity contribution is 14.0. The molecule has 154 valence electrons. The van der Waals surface area contributed by atoms with Crippen molar-refractivity contribution in [3.63, 3.8) is 0 Å². The molecule has 1 aromatic heterocycles. The van der Waals surface area contributed by atoms with E-state index < -0.39 is 0 Å². The van der Waals surface area contributed by atoms with Gasteiger partial charge in [0, 0.05) is 19.3 Å². The average Bonchev–Trinajstić information content (AvgIpc) is 3.22. The van der Waals surface area contributed by atoms with E-state index in [1.807, 2.05) is 65.5 Å². The molecule has 0 radical (unpaired) electrons. The van der Waals surface area contributed by atoms with Gasteiger partial charge in [0.2, 0.25) is 0 Å². The maximum absolute atomic E-state index is 5.27. The number of aliphatic imine (C=N–C) groups is 1. The molecular formula is C22H28IN5O. The molecule has 0 fully saturated rings. The number of para-hydroxylation sites is 1. The van der Waals surface area contributed by atoms with Crippen LogP contribution in [0.1, 0.15) is 18.1 Å². The minimum absolute atomic E-state index is 0. The number of methoxy groups -OCH3 is 1. The molecule has 6 nitrogen and oxygen atoms in total. The van der Waals surface area contributed by atoms with Gasteiger partial charge in [0.25, 0.3) is 0 Å². The van der Waals surface area contributed by atoms with Crippen molar-refractivity contribution in [1.82, 2.24) is 20.4 Å². The third-order valence-electron chi connectivity index (χ3n) is 4.26. The van der Waals surface area contributed by atoms with Crippen LogP contribution in [0.2, 0.25) is 0 Å². The van der Waals surface area contributed by atoms with E-state index in [4.69, 9.17) is 4.74 Å². The molecule has 0 amide bonds. The summed E-state index contributed by atoms with van der Waals surface area (Å²) >= 11 is 0. The minimum atomic E-state index is 0. The van der Waals surface area contributed by atoms with Crippen LogP contribution in [0.5, 0.6) is 5.75 Å². The zero-order valence-electron chi connectivity index (χ0n) is 16.8. The van der Waals surface area contributed by atoms with Gasteiger partial charge in [0.1, 0.15) is 5.75 Å². The fourth-order valence-electron chi connectivity index (χ4n) is 2.82. The zero-order valence-corrected chi connectivity index (χ0v) is 19.2. The van der Waals surface area contributed by atoms with Gasteiger partial charge in [-0.05, 0) is 48.7 Å². The summed E-state index contributed by atoms with van der Waals surface area (Å²) in [6.45, 7) is 4.26. The first kappa shape index (κ1) is 22.7. The van der Waals surface area contributed by atoms with Crippen LogP contribution in [0.4, 0.5) is 0 Å². The number of hydrogen-bond donors (Lipinski definition) is 2. The number of rotatable bonds is 8.